The molecule has 0 radical (unpaired) electrons. The van der Waals surface area contributed by atoms with Gasteiger partial charge in [-0.05, 0) is 12.8 Å². The van der Waals surface area contributed by atoms with Gasteiger partial charge >= 0.3 is 0 Å². The highest BCUT2D eigenvalue weighted by molar-refractivity contribution is 4.75. The Kier molecular flexibility index (Phi) is 3.83. The van der Waals surface area contributed by atoms with Gasteiger partial charge in [0.1, 0.15) is 0 Å². The third kappa shape index (κ3) is 2.77. The fraction of sp³-hybridized carbons (Fsp3) is 1.00. The standard InChI is InChI=1S/C8H17NO2/c1-2-7(5-10)9-8-3-4-11-6-8/h7-10H,2-6H2,1H3/t7-,8?/m1/s1. The van der Waals surface area contributed by atoms with Crippen molar-refractivity contribution in [1.29, 1.82) is 0 Å². The lowest BCUT2D eigenvalue weighted by Crippen LogP contribution is -2.40. The van der Waals surface area contributed by atoms with Gasteiger partial charge in [0.05, 0.1) is 13.2 Å². The van der Waals surface area contributed by atoms with Crippen molar-refractivity contribution < 1.29 is 9.84 Å². The van der Waals surface area contributed by atoms with Gasteiger partial charge in [-0.1, -0.05) is 6.92 Å². The molecule has 1 fully saturated rings. The van der Waals surface area contributed by atoms with Gasteiger partial charge < -0.3 is 15.2 Å². The number of hydrogen-bond donors (Lipinski definition) is 2. The molecule has 11 heavy (non-hydrogen) atoms. The largest absolute Gasteiger partial charge is 0.395 e. The van der Waals surface area contributed by atoms with Crippen LogP contribution in [0.25, 0.3) is 0 Å². The summed E-state index contributed by atoms with van der Waals surface area (Å²) in [4.78, 5) is 0. The van der Waals surface area contributed by atoms with E-state index in [1.54, 1.807) is 0 Å². The Bertz CT molecular complexity index is 98.3. The summed E-state index contributed by atoms with van der Waals surface area (Å²) in [7, 11) is 0. The van der Waals surface area contributed by atoms with Crippen LogP contribution in [0.4, 0.5) is 0 Å². The smallest absolute Gasteiger partial charge is 0.0620 e. The first-order valence-electron chi connectivity index (χ1n) is 4.31. The maximum atomic E-state index is 8.88. The van der Waals surface area contributed by atoms with Crippen LogP contribution in [-0.4, -0.2) is 37.0 Å². The molecule has 1 unspecified atom stereocenters. The lowest BCUT2D eigenvalue weighted by Gasteiger charge is -2.18. The summed E-state index contributed by atoms with van der Waals surface area (Å²) in [5, 5.41) is 12.2. The highest BCUT2D eigenvalue weighted by atomic mass is 16.5. The van der Waals surface area contributed by atoms with E-state index in [0.717, 1.165) is 26.1 Å². The van der Waals surface area contributed by atoms with Crippen molar-refractivity contribution >= 4 is 0 Å². The number of nitrogens with one attached hydrogen (secondary N) is 1. The van der Waals surface area contributed by atoms with E-state index in [2.05, 4.69) is 12.2 Å². The van der Waals surface area contributed by atoms with Gasteiger partial charge in [0.2, 0.25) is 0 Å². The fourth-order valence-electron chi connectivity index (χ4n) is 1.30. The molecule has 0 aromatic heterocycles. The highest BCUT2D eigenvalue weighted by Gasteiger charge is 2.17. The van der Waals surface area contributed by atoms with Crippen molar-refractivity contribution in [3.63, 3.8) is 0 Å². The second kappa shape index (κ2) is 4.70. The molecule has 1 saturated heterocycles. The van der Waals surface area contributed by atoms with E-state index >= 15 is 0 Å². The molecule has 66 valence electrons. The zero-order valence-corrected chi connectivity index (χ0v) is 7.05. The van der Waals surface area contributed by atoms with E-state index < -0.39 is 0 Å². The number of aliphatic hydroxyl groups is 1. The molecule has 0 saturated carbocycles. The third-order valence-electron chi connectivity index (χ3n) is 2.11. The van der Waals surface area contributed by atoms with Gasteiger partial charge in [0.15, 0.2) is 0 Å². The number of hydrogen-bond acceptors (Lipinski definition) is 3. The Morgan fingerprint density at radius 1 is 1.73 bits per heavy atom. The van der Waals surface area contributed by atoms with Gasteiger partial charge in [-0.3, -0.25) is 0 Å². The quantitative estimate of drug-likeness (QED) is 0.613. The Hall–Kier alpha value is -0.120. The average Bonchev–Trinajstić information content (AvgIpc) is 2.52. The lowest BCUT2D eigenvalue weighted by molar-refractivity contribution is 0.179. The van der Waals surface area contributed by atoms with Crippen molar-refractivity contribution in [2.45, 2.75) is 31.8 Å². The predicted octanol–water partition coefficient (Wildman–Crippen LogP) is 0.136. The molecule has 0 aliphatic carbocycles. The molecule has 0 aromatic carbocycles. The third-order valence-corrected chi connectivity index (χ3v) is 2.11. The van der Waals surface area contributed by atoms with Crippen LogP contribution in [0.15, 0.2) is 0 Å². The van der Waals surface area contributed by atoms with Crippen LogP contribution in [0.1, 0.15) is 19.8 Å². The molecule has 1 rings (SSSR count). The van der Waals surface area contributed by atoms with E-state index in [1.165, 1.54) is 0 Å². The number of ether oxygens (including phenoxy) is 1. The zero-order valence-electron chi connectivity index (χ0n) is 7.05. The minimum absolute atomic E-state index is 0.229. The topological polar surface area (TPSA) is 41.5 Å². The Morgan fingerprint density at radius 2 is 2.55 bits per heavy atom. The Labute approximate surface area is 67.7 Å². The highest BCUT2D eigenvalue weighted by Crippen LogP contribution is 2.05. The predicted molar refractivity (Wildman–Crippen MR) is 43.5 cm³/mol. The normalized spacial score (nSPS) is 27.3. The van der Waals surface area contributed by atoms with Crippen LogP contribution in [0, 0.1) is 0 Å². The van der Waals surface area contributed by atoms with Gasteiger partial charge in [0, 0.05) is 18.7 Å². The van der Waals surface area contributed by atoms with Gasteiger partial charge in [-0.15, -0.1) is 0 Å². The maximum absolute atomic E-state index is 8.88. The monoisotopic (exact) mass is 159 g/mol. The summed E-state index contributed by atoms with van der Waals surface area (Å²) in [5.74, 6) is 0. The summed E-state index contributed by atoms with van der Waals surface area (Å²) in [6.45, 7) is 3.97. The van der Waals surface area contributed by atoms with Crippen molar-refractivity contribution in [3.8, 4) is 0 Å². The van der Waals surface area contributed by atoms with E-state index in [4.69, 9.17) is 9.84 Å². The van der Waals surface area contributed by atoms with Gasteiger partial charge in [0.25, 0.3) is 0 Å². The van der Waals surface area contributed by atoms with E-state index in [1.807, 2.05) is 0 Å². The summed E-state index contributed by atoms with van der Waals surface area (Å²) in [6.07, 6.45) is 2.06. The number of rotatable bonds is 4. The summed E-state index contributed by atoms with van der Waals surface area (Å²) in [5.41, 5.74) is 0. The summed E-state index contributed by atoms with van der Waals surface area (Å²) < 4.78 is 5.20. The van der Waals surface area contributed by atoms with Crippen LogP contribution in [-0.2, 0) is 4.74 Å². The van der Waals surface area contributed by atoms with Crippen molar-refractivity contribution in [2.75, 3.05) is 19.8 Å². The Morgan fingerprint density at radius 3 is 3.00 bits per heavy atom. The molecule has 3 nitrogen and oxygen atoms in total. The molecule has 1 heterocycles. The average molecular weight is 159 g/mol. The molecule has 3 heteroatoms. The maximum Gasteiger partial charge on any atom is 0.0620 e. The molecule has 1 aliphatic rings. The lowest BCUT2D eigenvalue weighted by atomic mass is 10.2. The number of aliphatic hydroxyl groups excluding tert-OH is 1. The second-order valence-corrected chi connectivity index (χ2v) is 3.01. The van der Waals surface area contributed by atoms with E-state index in [-0.39, 0.29) is 12.6 Å². The molecule has 2 atom stereocenters. The SMILES string of the molecule is CC[C@H](CO)NC1CCOC1. The minimum atomic E-state index is 0.229. The van der Waals surface area contributed by atoms with Gasteiger partial charge in [-0.25, -0.2) is 0 Å². The first-order chi connectivity index (χ1) is 5.36. The zero-order chi connectivity index (χ0) is 8.10. The van der Waals surface area contributed by atoms with Crippen LogP contribution < -0.4 is 5.32 Å². The molecular weight excluding hydrogens is 142 g/mol. The van der Waals surface area contributed by atoms with Crippen LogP contribution in [0.3, 0.4) is 0 Å². The fourth-order valence-corrected chi connectivity index (χ4v) is 1.30. The summed E-state index contributed by atoms with van der Waals surface area (Å²) in [6, 6.07) is 0.716. The van der Waals surface area contributed by atoms with Crippen molar-refractivity contribution in [1.82, 2.24) is 5.32 Å². The molecule has 0 bridgehead atoms. The van der Waals surface area contributed by atoms with Crippen LogP contribution in [0.2, 0.25) is 0 Å². The van der Waals surface area contributed by atoms with Crippen molar-refractivity contribution in [2.24, 2.45) is 0 Å². The van der Waals surface area contributed by atoms with E-state index in [9.17, 15) is 0 Å². The van der Waals surface area contributed by atoms with Crippen molar-refractivity contribution in [3.05, 3.63) is 0 Å². The molecule has 0 spiro atoms. The molecule has 2 N–H and O–H groups in total. The first kappa shape index (κ1) is 8.97. The molecular formula is C8H17NO2. The van der Waals surface area contributed by atoms with Crippen LogP contribution >= 0.6 is 0 Å². The minimum Gasteiger partial charge on any atom is -0.395 e. The molecule has 0 aromatic rings. The second-order valence-electron chi connectivity index (χ2n) is 3.01. The Balaban J connectivity index is 2.16. The van der Waals surface area contributed by atoms with E-state index in [0.29, 0.717) is 6.04 Å². The first-order valence-corrected chi connectivity index (χ1v) is 4.31. The summed E-state index contributed by atoms with van der Waals surface area (Å²) >= 11 is 0. The molecule has 0 amide bonds. The van der Waals surface area contributed by atoms with Gasteiger partial charge in [-0.2, -0.15) is 0 Å². The molecule has 1 aliphatic heterocycles. The van der Waals surface area contributed by atoms with Crippen LogP contribution in [0.5, 0.6) is 0 Å².